The molecule has 0 spiro atoms. The number of pyridine rings is 1. The molecule has 2 aliphatic carbocycles. The van der Waals surface area contributed by atoms with Gasteiger partial charge in [-0.3, -0.25) is 4.98 Å². The summed E-state index contributed by atoms with van der Waals surface area (Å²) >= 11 is 0. The van der Waals surface area contributed by atoms with Gasteiger partial charge in [-0.25, -0.2) is 0 Å². The van der Waals surface area contributed by atoms with E-state index in [9.17, 15) is 0 Å². The minimum Gasteiger partial charge on any atom is -0.398 e. The van der Waals surface area contributed by atoms with E-state index < -0.39 is 0 Å². The van der Waals surface area contributed by atoms with E-state index >= 15 is 0 Å². The summed E-state index contributed by atoms with van der Waals surface area (Å²) in [4.78, 5) is 4.89. The third kappa shape index (κ3) is 1.59. The van der Waals surface area contributed by atoms with Crippen LogP contribution in [-0.2, 0) is 19.3 Å². The van der Waals surface area contributed by atoms with Crippen LogP contribution in [0.1, 0.15) is 30.2 Å². The number of anilines is 1. The van der Waals surface area contributed by atoms with E-state index in [-0.39, 0.29) is 0 Å². The molecular formula is C17H18N2. The molecule has 0 saturated carbocycles. The Kier molecular flexibility index (Phi) is 2.22. The van der Waals surface area contributed by atoms with Crippen molar-refractivity contribution in [1.29, 1.82) is 0 Å². The van der Waals surface area contributed by atoms with Crippen LogP contribution in [0.2, 0.25) is 0 Å². The Morgan fingerprint density at radius 2 is 2.11 bits per heavy atom. The lowest BCUT2D eigenvalue weighted by molar-refractivity contribution is 0.611. The molecular weight excluding hydrogens is 232 g/mol. The maximum Gasteiger partial charge on any atom is 0.0729 e. The summed E-state index contributed by atoms with van der Waals surface area (Å²) < 4.78 is 0. The molecule has 1 aromatic carbocycles. The number of nitrogens with zero attached hydrogens (tertiary/aromatic N) is 1. The Morgan fingerprint density at radius 3 is 3.00 bits per heavy atom. The quantitative estimate of drug-likeness (QED) is 0.728. The summed E-state index contributed by atoms with van der Waals surface area (Å²) in [5.74, 6) is 0.580. The Morgan fingerprint density at radius 1 is 1.21 bits per heavy atom. The van der Waals surface area contributed by atoms with E-state index in [2.05, 4.69) is 31.2 Å². The van der Waals surface area contributed by atoms with E-state index in [4.69, 9.17) is 10.7 Å². The number of nitrogens with two attached hydrogens (primary N) is 1. The predicted octanol–water partition coefficient (Wildman–Crippen LogP) is 3.42. The fourth-order valence-corrected chi connectivity index (χ4v) is 3.66. The van der Waals surface area contributed by atoms with Crippen LogP contribution in [0, 0.1) is 5.92 Å². The number of aromatic nitrogens is 1. The van der Waals surface area contributed by atoms with Gasteiger partial charge in [0.1, 0.15) is 0 Å². The first-order valence-electron chi connectivity index (χ1n) is 7.08. The number of benzene rings is 1. The van der Waals surface area contributed by atoms with Gasteiger partial charge in [-0.15, -0.1) is 0 Å². The monoisotopic (exact) mass is 250 g/mol. The molecule has 1 aliphatic heterocycles. The molecule has 5 rings (SSSR count). The van der Waals surface area contributed by atoms with Crippen molar-refractivity contribution in [3.05, 3.63) is 46.7 Å². The second-order valence-corrected chi connectivity index (χ2v) is 5.94. The molecule has 3 aliphatic rings. The zero-order valence-electron chi connectivity index (χ0n) is 11.2. The lowest BCUT2D eigenvalue weighted by atomic mass is 9.82. The highest BCUT2D eigenvalue weighted by Gasteiger charge is 2.24. The minimum absolute atomic E-state index is 0.580. The molecule has 96 valence electrons. The predicted molar refractivity (Wildman–Crippen MR) is 79.1 cm³/mol. The summed E-state index contributed by atoms with van der Waals surface area (Å²) in [5.41, 5.74) is 13.9. The van der Waals surface area contributed by atoms with Gasteiger partial charge in [-0.2, -0.15) is 0 Å². The van der Waals surface area contributed by atoms with Gasteiger partial charge in [0.05, 0.1) is 5.52 Å². The molecule has 0 saturated heterocycles. The summed E-state index contributed by atoms with van der Waals surface area (Å²) in [7, 11) is 0. The SMILES string of the molecule is C/C1=C/C2Cc3nc4cccc(c4c(N)c3CC1)C2. The largest absolute Gasteiger partial charge is 0.398 e. The van der Waals surface area contributed by atoms with Crippen molar-refractivity contribution in [2.45, 2.75) is 32.6 Å². The first-order chi connectivity index (χ1) is 9.22. The Balaban J connectivity index is 2.11. The van der Waals surface area contributed by atoms with Gasteiger partial charge in [0.2, 0.25) is 0 Å². The van der Waals surface area contributed by atoms with Crippen LogP contribution in [0.3, 0.4) is 0 Å². The summed E-state index contributed by atoms with van der Waals surface area (Å²) in [5, 5.41) is 1.21. The van der Waals surface area contributed by atoms with Crippen molar-refractivity contribution in [3.63, 3.8) is 0 Å². The molecule has 1 unspecified atom stereocenters. The van der Waals surface area contributed by atoms with Crippen molar-refractivity contribution >= 4 is 16.6 Å². The van der Waals surface area contributed by atoms with E-state index in [1.165, 1.54) is 27.8 Å². The van der Waals surface area contributed by atoms with Gasteiger partial charge in [0, 0.05) is 16.8 Å². The number of rotatable bonds is 0. The molecule has 2 heteroatoms. The molecule has 0 amide bonds. The van der Waals surface area contributed by atoms with Crippen molar-refractivity contribution in [2.75, 3.05) is 5.73 Å². The lowest BCUT2D eigenvalue weighted by Gasteiger charge is -2.26. The van der Waals surface area contributed by atoms with Gasteiger partial charge in [0.15, 0.2) is 0 Å². The van der Waals surface area contributed by atoms with Crippen LogP contribution in [-0.4, -0.2) is 4.98 Å². The number of nitrogen functional groups attached to an aromatic ring is 1. The maximum absolute atomic E-state index is 6.47. The molecule has 0 fully saturated rings. The zero-order chi connectivity index (χ0) is 13.0. The molecule has 0 radical (unpaired) electrons. The molecule has 2 heterocycles. The van der Waals surface area contributed by atoms with Gasteiger partial charge in [-0.05, 0) is 55.7 Å². The second kappa shape index (κ2) is 3.83. The average molecular weight is 250 g/mol. The van der Waals surface area contributed by atoms with Crippen LogP contribution in [0.25, 0.3) is 10.9 Å². The van der Waals surface area contributed by atoms with Crippen LogP contribution in [0.5, 0.6) is 0 Å². The van der Waals surface area contributed by atoms with E-state index in [1.54, 1.807) is 0 Å². The minimum atomic E-state index is 0.580. The number of allylic oxidation sites excluding steroid dienone is 2. The van der Waals surface area contributed by atoms with Crippen molar-refractivity contribution in [1.82, 2.24) is 4.98 Å². The van der Waals surface area contributed by atoms with Gasteiger partial charge < -0.3 is 5.73 Å². The van der Waals surface area contributed by atoms with Gasteiger partial charge in [-0.1, -0.05) is 23.8 Å². The summed E-state index contributed by atoms with van der Waals surface area (Å²) in [6, 6.07) is 6.42. The molecule has 2 nitrogen and oxygen atoms in total. The first-order valence-corrected chi connectivity index (χ1v) is 7.08. The van der Waals surface area contributed by atoms with Gasteiger partial charge >= 0.3 is 0 Å². The Labute approximate surface area is 113 Å². The van der Waals surface area contributed by atoms with E-state index in [1.807, 2.05) is 0 Å². The smallest absolute Gasteiger partial charge is 0.0729 e. The van der Waals surface area contributed by atoms with Crippen LogP contribution < -0.4 is 5.73 Å². The summed E-state index contributed by atoms with van der Waals surface area (Å²) in [6.45, 7) is 2.24. The molecule has 2 aromatic rings. The Hall–Kier alpha value is -1.83. The fourth-order valence-electron chi connectivity index (χ4n) is 3.66. The molecule has 6 bridgehead atoms. The molecule has 2 N–H and O–H groups in total. The second-order valence-electron chi connectivity index (χ2n) is 5.94. The van der Waals surface area contributed by atoms with Crippen molar-refractivity contribution < 1.29 is 0 Å². The number of hydrogen-bond donors (Lipinski definition) is 1. The standard InChI is InChI=1S/C17H18N2/c1-10-5-6-13-15-9-11(7-10)8-12-3-2-4-14(19-15)16(12)17(13)18/h2-4,7,11H,5-6,8-9H2,1H3,(H2,18,19)/b10-7-. The normalized spacial score (nSPS) is 23.8. The highest BCUT2D eigenvalue weighted by molar-refractivity contribution is 5.95. The van der Waals surface area contributed by atoms with Gasteiger partial charge in [0.25, 0.3) is 0 Å². The average Bonchev–Trinajstić information content (AvgIpc) is 2.35. The fraction of sp³-hybridized carbons (Fsp3) is 0.353. The zero-order valence-corrected chi connectivity index (χ0v) is 11.2. The van der Waals surface area contributed by atoms with Crippen molar-refractivity contribution in [3.8, 4) is 0 Å². The summed E-state index contributed by atoms with van der Waals surface area (Å²) in [6.07, 6.45) is 6.73. The third-order valence-electron chi connectivity index (χ3n) is 4.55. The van der Waals surface area contributed by atoms with Crippen LogP contribution in [0.4, 0.5) is 5.69 Å². The lowest BCUT2D eigenvalue weighted by Crippen LogP contribution is -2.18. The molecule has 19 heavy (non-hydrogen) atoms. The van der Waals surface area contributed by atoms with E-state index in [0.717, 1.165) is 36.9 Å². The van der Waals surface area contributed by atoms with Crippen molar-refractivity contribution in [2.24, 2.45) is 5.92 Å². The highest BCUT2D eigenvalue weighted by atomic mass is 14.7. The molecule has 1 aromatic heterocycles. The number of hydrogen-bond acceptors (Lipinski definition) is 2. The Bertz CT molecular complexity index is 713. The van der Waals surface area contributed by atoms with E-state index in [0.29, 0.717) is 5.92 Å². The van der Waals surface area contributed by atoms with Crippen LogP contribution in [0.15, 0.2) is 29.8 Å². The third-order valence-corrected chi connectivity index (χ3v) is 4.55. The van der Waals surface area contributed by atoms with Crippen LogP contribution >= 0.6 is 0 Å². The molecule has 1 atom stereocenters. The maximum atomic E-state index is 6.47. The highest BCUT2D eigenvalue weighted by Crippen LogP contribution is 2.37. The topological polar surface area (TPSA) is 38.9 Å². The first kappa shape index (κ1) is 11.0.